The zero-order valence-electron chi connectivity index (χ0n) is 16.8. The first kappa shape index (κ1) is 17.6. The maximum Gasteiger partial charge on any atom is 0.227 e. The van der Waals surface area contributed by atoms with Gasteiger partial charge in [-0.1, -0.05) is 44.2 Å². The van der Waals surface area contributed by atoms with Crippen LogP contribution in [0.25, 0.3) is 33.3 Å². The largest absolute Gasteiger partial charge is 0.438 e. The highest BCUT2D eigenvalue weighted by atomic mass is 16.3. The van der Waals surface area contributed by atoms with Gasteiger partial charge in [0, 0.05) is 33.6 Å². The summed E-state index contributed by atoms with van der Waals surface area (Å²) < 4.78 is 5.93. The van der Waals surface area contributed by atoms with Crippen LogP contribution in [0.15, 0.2) is 83.4 Å². The van der Waals surface area contributed by atoms with Gasteiger partial charge in [-0.15, -0.1) is 0 Å². The molecule has 142 valence electrons. The first-order valence-corrected chi connectivity index (χ1v) is 9.85. The number of aromatic nitrogens is 2. The number of hydrogen-bond acceptors (Lipinski definition) is 3. The quantitative estimate of drug-likeness (QED) is 0.351. The molecular weight excluding hydrogens is 356 g/mol. The molecule has 0 spiro atoms. The van der Waals surface area contributed by atoms with Crippen molar-refractivity contribution in [1.29, 1.82) is 0 Å². The van der Waals surface area contributed by atoms with Gasteiger partial charge < -0.3 is 4.42 Å². The summed E-state index contributed by atoms with van der Waals surface area (Å²) in [6.45, 7) is 6.48. The van der Waals surface area contributed by atoms with Crippen molar-refractivity contribution < 1.29 is 4.42 Å². The summed E-state index contributed by atoms with van der Waals surface area (Å²) in [7, 11) is 0. The lowest BCUT2D eigenvalue weighted by Crippen LogP contribution is -2.18. The third-order valence-electron chi connectivity index (χ3n) is 5.75. The Morgan fingerprint density at radius 2 is 1.62 bits per heavy atom. The van der Waals surface area contributed by atoms with Gasteiger partial charge in [-0.3, -0.25) is 4.98 Å². The molecule has 5 rings (SSSR count). The standard InChI is InChI=1S/C26H22N2O/c1-17-9-11-21-22-15-18(10-12-24(22)29-25(21)28-17)23-16-20(13-14-27-23)26(2,3)19-7-5-4-6-8-19/h4-16H,1-3H3. The maximum absolute atomic E-state index is 5.93. The molecule has 0 aliphatic rings. The van der Waals surface area contributed by atoms with Gasteiger partial charge in [0.2, 0.25) is 5.71 Å². The van der Waals surface area contributed by atoms with Crippen LogP contribution in [-0.2, 0) is 5.41 Å². The smallest absolute Gasteiger partial charge is 0.227 e. The molecule has 3 aromatic heterocycles. The monoisotopic (exact) mass is 378 g/mol. The minimum absolute atomic E-state index is 0.104. The van der Waals surface area contributed by atoms with Gasteiger partial charge in [0.1, 0.15) is 5.58 Å². The van der Waals surface area contributed by atoms with Crippen LogP contribution in [0, 0.1) is 6.92 Å². The molecule has 3 heterocycles. The summed E-state index contributed by atoms with van der Waals surface area (Å²) in [4.78, 5) is 9.17. The van der Waals surface area contributed by atoms with Gasteiger partial charge in [0.05, 0.1) is 5.69 Å². The second-order valence-corrected chi connectivity index (χ2v) is 8.04. The Balaban J connectivity index is 1.62. The van der Waals surface area contributed by atoms with Crippen molar-refractivity contribution in [2.24, 2.45) is 0 Å². The molecule has 3 nitrogen and oxygen atoms in total. The van der Waals surface area contributed by atoms with Crippen LogP contribution in [0.3, 0.4) is 0 Å². The van der Waals surface area contributed by atoms with Crippen molar-refractivity contribution in [1.82, 2.24) is 9.97 Å². The highest BCUT2D eigenvalue weighted by molar-refractivity contribution is 6.05. The van der Waals surface area contributed by atoms with E-state index in [-0.39, 0.29) is 5.41 Å². The number of nitrogens with zero attached hydrogens (tertiary/aromatic N) is 2. The fourth-order valence-electron chi connectivity index (χ4n) is 3.91. The maximum atomic E-state index is 5.93. The Morgan fingerprint density at radius 1 is 0.793 bits per heavy atom. The summed E-state index contributed by atoms with van der Waals surface area (Å²) >= 11 is 0. The van der Waals surface area contributed by atoms with Gasteiger partial charge in [-0.05, 0) is 60.5 Å². The average molecular weight is 378 g/mol. The summed E-state index contributed by atoms with van der Waals surface area (Å²) in [5, 5.41) is 2.10. The van der Waals surface area contributed by atoms with E-state index < -0.39 is 0 Å². The molecule has 0 saturated carbocycles. The van der Waals surface area contributed by atoms with Crippen LogP contribution >= 0.6 is 0 Å². The molecule has 0 radical (unpaired) electrons. The van der Waals surface area contributed by atoms with Crippen molar-refractivity contribution in [3.63, 3.8) is 0 Å². The highest BCUT2D eigenvalue weighted by Gasteiger charge is 2.23. The van der Waals surface area contributed by atoms with Crippen molar-refractivity contribution >= 4 is 22.1 Å². The van der Waals surface area contributed by atoms with E-state index in [1.165, 1.54) is 11.1 Å². The third-order valence-corrected chi connectivity index (χ3v) is 5.75. The predicted octanol–water partition coefficient (Wildman–Crippen LogP) is 6.68. The SMILES string of the molecule is Cc1ccc2c(n1)oc1ccc(-c3cc(C(C)(C)c4ccccc4)ccn3)cc12. The molecule has 0 aliphatic heterocycles. The Labute approximate surface area is 170 Å². The normalized spacial score (nSPS) is 12.0. The van der Waals surface area contributed by atoms with E-state index in [1.807, 2.05) is 25.3 Å². The van der Waals surface area contributed by atoms with Gasteiger partial charge in [-0.25, -0.2) is 4.98 Å². The van der Waals surface area contributed by atoms with Crippen molar-refractivity contribution in [3.8, 4) is 11.3 Å². The molecule has 0 amide bonds. The Morgan fingerprint density at radius 3 is 2.45 bits per heavy atom. The first-order chi connectivity index (χ1) is 14.0. The van der Waals surface area contributed by atoms with Crippen LogP contribution in [0.5, 0.6) is 0 Å². The number of furan rings is 1. The number of hydrogen-bond donors (Lipinski definition) is 0. The molecule has 0 aliphatic carbocycles. The summed E-state index contributed by atoms with van der Waals surface area (Å²) in [6, 6.07) is 25.2. The minimum Gasteiger partial charge on any atom is -0.438 e. The van der Waals surface area contributed by atoms with Crippen LogP contribution in [0.1, 0.15) is 30.7 Å². The summed E-state index contributed by atoms with van der Waals surface area (Å²) in [5.41, 5.74) is 6.95. The Bertz CT molecular complexity index is 1330. The molecule has 2 aromatic carbocycles. The zero-order chi connectivity index (χ0) is 20.0. The molecule has 29 heavy (non-hydrogen) atoms. The van der Waals surface area contributed by atoms with Gasteiger partial charge >= 0.3 is 0 Å². The highest BCUT2D eigenvalue weighted by Crippen LogP contribution is 2.35. The van der Waals surface area contributed by atoms with E-state index in [0.717, 1.165) is 33.3 Å². The number of rotatable bonds is 3. The van der Waals surface area contributed by atoms with E-state index in [4.69, 9.17) is 4.42 Å². The van der Waals surface area contributed by atoms with E-state index in [2.05, 4.69) is 84.5 Å². The Hall–Kier alpha value is -3.46. The number of benzene rings is 2. The van der Waals surface area contributed by atoms with Gasteiger partial charge in [0.15, 0.2) is 0 Å². The van der Waals surface area contributed by atoms with E-state index in [1.54, 1.807) is 0 Å². The number of pyridine rings is 2. The topological polar surface area (TPSA) is 38.9 Å². The fraction of sp³-hybridized carbons (Fsp3) is 0.154. The number of fused-ring (bicyclic) bond motifs is 3. The van der Waals surface area contributed by atoms with Crippen LogP contribution in [-0.4, -0.2) is 9.97 Å². The second kappa shape index (κ2) is 6.56. The Kier molecular flexibility index (Phi) is 3.99. The number of aryl methyl sites for hydroxylation is 1. The summed E-state index contributed by atoms with van der Waals surface area (Å²) in [6.07, 6.45) is 1.90. The second-order valence-electron chi connectivity index (χ2n) is 8.04. The van der Waals surface area contributed by atoms with Crippen LogP contribution in [0.2, 0.25) is 0 Å². The molecule has 0 saturated heterocycles. The predicted molar refractivity (Wildman–Crippen MR) is 118 cm³/mol. The van der Waals surface area contributed by atoms with Crippen molar-refractivity contribution in [2.45, 2.75) is 26.2 Å². The fourth-order valence-corrected chi connectivity index (χ4v) is 3.91. The lowest BCUT2D eigenvalue weighted by atomic mass is 9.78. The first-order valence-electron chi connectivity index (χ1n) is 9.85. The van der Waals surface area contributed by atoms with E-state index in [9.17, 15) is 0 Å². The van der Waals surface area contributed by atoms with Crippen molar-refractivity contribution in [2.75, 3.05) is 0 Å². The lowest BCUT2D eigenvalue weighted by molar-refractivity contribution is 0.640. The van der Waals surface area contributed by atoms with Gasteiger partial charge in [0.25, 0.3) is 0 Å². The van der Waals surface area contributed by atoms with Crippen LogP contribution in [0.4, 0.5) is 0 Å². The third kappa shape index (κ3) is 2.99. The average Bonchev–Trinajstić information content (AvgIpc) is 3.11. The van der Waals surface area contributed by atoms with Crippen LogP contribution < -0.4 is 0 Å². The molecular formula is C26H22N2O. The van der Waals surface area contributed by atoms with E-state index >= 15 is 0 Å². The molecule has 0 fully saturated rings. The molecule has 0 atom stereocenters. The van der Waals surface area contributed by atoms with E-state index in [0.29, 0.717) is 5.71 Å². The molecule has 0 bridgehead atoms. The van der Waals surface area contributed by atoms with Gasteiger partial charge in [-0.2, -0.15) is 0 Å². The van der Waals surface area contributed by atoms with Crippen molar-refractivity contribution in [3.05, 3.63) is 95.8 Å². The molecule has 0 N–H and O–H groups in total. The molecule has 0 unspecified atom stereocenters. The molecule has 3 heteroatoms. The minimum atomic E-state index is -0.104. The zero-order valence-corrected chi connectivity index (χ0v) is 16.8. The lowest BCUT2D eigenvalue weighted by Gasteiger charge is -2.26. The summed E-state index contributed by atoms with van der Waals surface area (Å²) in [5.74, 6) is 0. The molecule has 5 aromatic rings.